The third kappa shape index (κ3) is 5.12. The van der Waals surface area contributed by atoms with Crippen LogP contribution in [0.1, 0.15) is 41.1 Å². The van der Waals surface area contributed by atoms with Gasteiger partial charge in [0.25, 0.3) is 5.91 Å². The van der Waals surface area contributed by atoms with E-state index in [4.69, 9.17) is 9.57 Å². The van der Waals surface area contributed by atoms with Gasteiger partial charge in [-0.05, 0) is 42.0 Å². The number of ether oxygens (including phenoxy) is 1. The van der Waals surface area contributed by atoms with Gasteiger partial charge in [-0.1, -0.05) is 66.7 Å². The van der Waals surface area contributed by atoms with E-state index >= 15 is 0 Å². The van der Waals surface area contributed by atoms with Crippen LogP contribution in [0.3, 0.4) is 0 Å². The number of nitrogens with zero attached hydrogens (tertiary/aromatic N) is 1. The van der Waals surface area contributed by atoms with Crippen LogP contribution in [0.4, 0.5) is 0 Å². The van der Waals surface area contributed by atoms with Gasteiger partial charge in [-0.2, -0.15) is 0 Å². The first-order chi connectivity index (χ1) is 14.8. The Hall–Kier alpha value is -3.02. The van der Waals surface area contributed by atoms with Crippen LogP contribution in [0.15, 0.2) is 79.0 Å². The smallest absolute Gasteiger partial charge is 0.273 e. The summed E-state index contributed by atoms with van der Waals surface area (Å²) in [5.41, 5.74) is 6.79. The van der Waals surface area contributed by atoms with Gasteiger partial charge in [-0.15, -0.1) is 0 Å². The summed E-state index contributed by atoms with van der Waals surface area (Å²) in [5.74, 6) is -0.310. The molecule has 2 aromatic carbocycles. The number of nitrogens with one attached hydrogen (secondary N) is 1. The van der Waals surface area contributed by atoms with Crippen LogP contribution in [-0.4, -0.2) is 17.0 Å². The number of hydrogen-bond acceptors (Lipinski definition) is 4. The fourth-order valence-electron chi connectivity index (χ4n) is 3.91. The monoisotopic (exact) mass is 402 g/mol. The molecule has 0 saturated heterocycles. The van der Waals surface area contributed by atoms with Crippen LogP contribution >= 0.6 is 0 Å². The number of carbonyl (C=O) groups excluding carboxylic acids is 1. The molecule has 3 aromatic rings. The highest BCUT2D eigenvalue weighted by atomic mass is 16.7. The van der Waals surface area contributed by atoms with Gasteiger partial charge in [0.05, 0.1) is 13.2 Å². The van der Waals surface area contributed by atoms with E-state index in [0.717, 1.165) is 41.6 Å². The Labute approximate surface area is 177 Å². The van der Waals surface area contributed by atoms with Crippen LogP contribution in [0.25, 0.3) is 0 Å². The Morgan fingerprint density at radius 3 is 2.40 bits per heavy atom. The van der Waals surface area contributed by atoms with Crippen molar-refractivity contribution in [3.05, 3.63) is 101 Å². The molecule has 0 bridgehead atoms. The fraction of sp³-hybridized carbons (Fsp3) is 0.280. The molecule has 1 amide bonds. The van der Waals surface area contributed by atoms with Crippen molar-refractivity contribution in [3.63, 3.8) is 0 Å². The maximum atomic E-state index is 13.1. The fourth-order valence-corrected chi connectivity index (χ4v) is 3.91. The highest BCUT2D eigenvalue weighted by Crippen LogP contribution is 2.34. The lowest BCUT2D eigenvalue weighted by molar-refractivity contribution is -0.149. The molecule has 1 aliphatic carbocycles. The topological polar surface area (TPSA) is 60.5 Å². The number of pyridine rings is 1. The third-order valence-corrected chi connectivity index (χ3v) is 5.40. The van der Waals surface area contributed by atoms with Crippen molar-refractivity contribution < 1.29 is 14.4 Å². The van der Waals surface area contributed by atoms with Crippen molar-refractivity contribution in [3.8, 4) is 0 Å². The molecule has 1 heterocycles. The van der Waals surface area contributed by atoms with Gasteiger partial charge in [0.1, 0.15) is 6.10 Å². The molecule has 2 atom stereocenters. The molecule has 0 fully saturated rings. The summed E-state index contributed by atoms with van der Waals surface area (Å²) >= 11 is 0. The van der Waals surface area contributed by atoms with Crippen LogP contribution < -0.4 is 5.48 Å². The molecule has 1 aromatic heterocycles. The Kier molecular flexibility index (Phi) is 6.85. The quantitative estimate of drug-likeness (QED) is 0.570. The molecule has 30 heavy (non-hydrogen) atoms. The number of rotatable bonds is 8. The van der Waals surface area contributed by atoms with Crippen LogP contribution in [-0.2, 0) is 34.0 Å². The molecule has 1 aliphatic rings. The molecule has 5 heteroatoms. The van der Waals surface area contributed by atoms with Gasteiger partial charge >= 0.3 is 0 Å². The Morgan fingerprint density at radius 2 is 1.67 bits per heavy atom. The largest absolute Gasteiger partial charge is 0.363 e. The molecule has 5 nitrogen and oxygen atoms in total. The number of carbonyl (C=O) groups is 1. The summed E-state index contributed by atoms with van der Waals surface area (Å²) in [6.07, 6.45) is 3.96. The van der Waals surface area contributed by atoms with Gasteiger partial charge < -0.3 is 4.74 Å². The normalized spacial score (nSPS) is 16.5. The van der Waals surface area contributed by atoms with E-state index in [-0.39, 0.29) is 11.8 Å². The van der Waals surface area contributed by atoms with E-state index in [0.29, 0.717) is 13.2 Å². The number of aromatic nitrogens is 1. The molecule has 0 radical (unpaired) electrons. The van der Waals surface area contributed by atoms with E-state index < -0.39 is 6.10 Å². The molecule has 0 saturated carbocycles. The average molecular weight is 402 g/mol. The lowest BCUT2D eigenvalue weighted by Gasteiger charge is -2.31. The first kappa shape index (κ1) is 20.3. The SMILES string of the molecule is O=C(NOCc1ccccc1)C(OCc1ccccc1)C1CCCc2ncccc21. The zero-order chi connectivity index (χ0) is 20.6. The van der Waals surface area contributed by atoms with Crippen molar-refractivity contribution in [1.82, 2.24) is 10.5 Å². The first-order valence-corrected chi connectivity index (χ1v) is 10.4. The van der Waals surface area contributed by atoms with Gasteiger partial charge in [0.2, 0.25) is 0 Å². The van der Waals surface area contributed by atoms with Crippen molar-refractivity contribution >= 4 is 5.91 Å². The Morgan fingerprint density at radius 1 is 0.967 bits per heavy atom. The predicted molar refractivity (Wildman–Crippen MR) is 114 cm³/mol. The van der Waals surface area contributed by atoms with Crippen molar-refractivity contribution in [2.75, 3.05) is 0 Å². The summed E-state index contributed by atoms with van der Waals surface area (Å²) in [7, 11) is 0. The average Bonchev–Trinajstić information content (AvgIpc) is 2.81. The molecular weight excluding hydrogens is 376 g/mol. The Balaban J connectivity index is 1.47. The standard InChI is InChI=1S/C25H26N2O3/c28-25(27-30-18-20-11-5-2-6-12-20)24(29-17-19-9-3-1-4-10-19)22-13-7-15-23-21(22)14-8-16-26-23/h1-6,8-12,14,16,22,24H,7,13,15,17-18H2,(H,27,28). The predicted octanol–water partition coefficient (Wildman–Crippen LogP) is 4.33. The highest BCUT2D eigenvalue weighted by Gasteiger charge is 2.34. The minimum absolute atomic E-state index is 0.0495. The zero-order valence-electron chi connectivity index (χ0n) is 16.9. The molecule has 154 valence electrons. The summed E-state index contributed by atoms with van der Waals surface area (Å²) < 4.78 is 6.17. The molecule has 2 unspecified atom stereocenters. The number of hydroxylamine groups is 1. The summed E-state index contributed by atoms with van der Waals surface area (Å²) in [6, 6.07) is 23.6. The number of hydrogen-bond donors (Lipinski definition) is 1. The van der Waals surface area contributed by atoms with E-state index in [1.165, 1.54) is 0 Å². The Bertz CT molecular complexity index is 947. The van der Waals surface area contributed by atoms with E-state index in [9.17, 15) is 4.79 Å². The van der Waals surface area contributed by atoms with Crippen LogP contribution in [0, 0.1) is 0 Å². The second-order valence-corrected chi connectivity index (χ2v) is 7.50. The molecule has 0 aliphatic heterocycles. The lowest BCUT2D eigenvalue weighted by atomic mass is 9.81. The lowest BCUT2D eigenvalue weighted by Crippen LogP contribution is -2.41. The van der Waals surface area contributed by atoms with Gasteiger partial charge in [0, 0.05) is 17.8 Å². The summed E-state index contributed by atoms with van der Waals surface area (Å²) in [4.78, 5) is 23.1. The molecule has 0 spiro atoms. The molecule has 4 rings (SSSR count). The highest BCUT2D eigenvalue weighted by molar-refractivity contribution is 5.81. The van der Waals surface area contributed by atoms with Gasteiger partial charge in [0.15, 0.2) is 0 Å². The van der Waals surface area contributed by atoms with Crippen LogP contribution in [0.2, 0.25) is 0 Å². The third-order valence-electron chi connectivity index (χ3n) is 5.40. The minimum Gasteiger partial charge on any atom is -0.363 e. The van der Waals surface area contributed by atoms with Gasteiger partial charge in [-0.3, -0.25) is 14.6 Å². The number of aryl methyl sites for hydroxylation is 1. The number of amides is 1. The van der Waals surface area contributed by atoms with Crippen molar-refractivity contribution in [1.29, 1.82) is 0 Å². The minimum atomic E-state index is -0.649. The van der Waals surface area contributed by atoms with E-state index in [1.54, 1.807) is 0 Å². The van der Waals surface area contributed by atoms with E-state index in [2.05, 4.69) is 16.5 Å². The van der Waals surface area contributed by atoms with Crippen molar-refractivity contribution in [2.45, 2.75) is 44.5 Å². The molecule has 1 N–H and O–H groups in total. The second-order valence-electron chi connectivity index (χ2n) is 7.50. The number of fused-ring (bicyclic) bond motifs is 1. The maximum Gasteiger partial charge on any atom is 0.273 e. The summed E-state index contributed by atoms with van der Waals surface area (Å²) in [6.45, 7) is 0.671. The first-order valence-electron chi connectivity index (χ1n) is 10.4. The van der Waals surface area contributed by atoms with Crippen molar-refractivity contribution in [2.24, 2.45) is 0 Å². The summed E-state index contributed by atoms with van der Waals surface area (Å²) in [5, 5.41) is 0. The van der Waals surface area contributed by atoms with Gasteiger partial charge in [-0.25, -0.2) is 5.48 Å². The van der Waals surface area contributed by atoms with Crippen LogP contribution in [0.5, 0.6) is 0 Å². The zero-order valence-corrected chi connectivity index (χ0v) is 16.9. The number of benzene rings is 2. The second kappa shape index (κ2) is 10.1. The molecular formula is C25H26N2O3. The van der Waals surface area contributed by atoms with E-state index in [1.807, 2.05) is 72.9 Å². The maximum absolute atomic E-state index is 13.1.